The molecule has 48 heavy (non-hydrogen) atoms. The highest BCUT2D eigenvalue weighted by atomic mass is 16.5. The largest absolute Gasteiger partial charge is 0.458 e. The van der Waals surface area contributed by atoms with E-state index in [0.717, 1.165) is 111 Å². The SMILES string of the molecule is c1ccc2c(c1)Oc1cccc3c1B2c1ccc2c4ccc5c(c4c4ccccc4c2c1O3)Oc1cccc2c1B5c1ccccc1O2. The molecule has 0 radical (unpaired) electrons. The van der Waals surface area contributed by atoms with Crippen molar-refractivity contribution in [2.24, 2.45) is 0 Å². The van der Waals surface area contributed by atoms with Gasteiger partial charge in [0, 0.05) is 21.7 Å². The number of hydrogen-bond acceptors (Lipinski definition) is 4. The van der Waals surface area contributed by atoms with Crippen molar-refractivity contribution in [3.63, 3.8) is 0 Å². The summed E-state index contributed by atoms with van der Waals surface area (Å²) >= 11 is 0. The van der Waals surface area contributed by atoms with Gasteiger partial charge < -0.3 is 18.9 Å². The fourth-order valence-corrected chi connectivity index (χ4v) is 8.79. The first-order valence-corrected chi connectivity index (χ1v) is 16.4. The van der Waals surface area contributed by atoms with Crippen LogP contribution in [0.1, 0.15) is 0 Å². The zero-order chi connectivity index (χ0) is 31.1. The van der Waals surface area contributed by atoms with Crippen LogP contribution in [0.5, 0.6) is 46.0 Å². The maximum atomic E-state index is 6.94. The van der Waals surface area contributed by atoms with Crippen molar-refractivity contribution in [2.75, 3.05) is 0 Å². The monoisotopic (exact) mass is 612 g/mol. The van der Waals surface area contributed by atoms with Crippen LogP contribution in [-0.2, 0) is 0 Å². The van der Waals surface area contributed by atoms with Crippen molar-refractivity contribution in [3.8, 4) is 46.0 Å². The molecular formula is C42H22B2O4. The number of hydrogen-bond donors (Lipinski definition) is 0. The van der Waals surface area contributed by atoms with E-state index < -0.39 is 0 Å². The van der Waals surface area contributed by atoms with Crippen LogP contribution in [0, 0.1) is 0 Å². The third-order valence-corrected chi connectivity index (χ3v) is 10.7. The summed E-state index contributed by atoms with van der Waals surface area (Å²) in [6.07, 6.45) is 0. The van der Waals surface area contributed by atoms with E-state index in [2.05, 4.69) is 97.1 Å². The van der Waals surface area contributed by atoms with Crippen molar-refractivity contribution in [2.45, 2.75) is 0 Å². The molecule has 4 aliphatic rings. The Balaban J connectivity index is 1.18. The van der Waals surface area contributed by atoms with Gasteiger partial charge in [-0.2, -0.15) is 0 Å². The van der Waals surface area contributed by atoms with E-state index in [-0.39, 0.29) is 13.4 Å². The van der Waals surface area contributed by atoms with Crippen LogP contribution in [0.25, 0.3) is 32.3 Å². The van der Waals surface area contributed by atoms with Crippen LogP contribution in [0.3, 0.4) is 0 Å². The summed E-state index contributed by atoms with van der Waals surface area (Å²) in [5.74, 6) is 6.99. The second-order valence-electron chi connectivity index (χ2n) is 13.0. The van der Waals surface area contributed by atoms with Gasteiger partial charge in [0.25, 0.3) is 13.4 Å². The van der Waals surface area contributed by atoms with Gasteiger partial charge in [-0.1, -0.05) is 97.1 Å². The molecule has 220 valence electrons. The van der Waals surface area contributed by atoms with E-state index in [1.165, 1.54) is 0 Å². The number of para-hydroxylation sites is 2. The third-order valence-electron chi connectivity index (χ3n) is 10.7. The van der Waals surface area contributed by atoms with E-state index in [4.69, 9.17) is 18.9 Å². The molecule has 6 heteroatoms. The maximum Gasteiger partial charge on any atom is 0.260 e. The second-order valence-corrected chi connectivity index (χ2v) is 13.0. The molecule has 0 atom stereocenters. The van der Waals surface area contributed by atoms with Gasteiger partial charge in [0.2, 0.25) is 0 Å². The Morgan fingerprint density at radius 2 is 0.667 bits per heavy atom. The van der Waals surface area contributed by atoms with Crippen LogP contribution in [0.4, 0.5) is 0 Å². The summed E-state index contributed by atoms with van der Waals surface area (Å²) in [7, 11) is 0. The molecule has 0 amide bonds. The third kappa shape index (κ3) is 3.04. The van der Waals surface area contributed by atoms with Crippen molar-refractivity contribution in [1.82, 2.24) is 0 Å². The van der Waals surface area contributed by atoms with Crippen molar-refractivity contribution in [1.29, 1.82) is 0 Å². The molecule has 8 aromatic carbocycles. The summed E-state index contributed by atoms with van der Waals surface area (Å²) in [5, 5.41) is 6.79. The van der Waals surface area contributed by atoms with Crippen LogP contribution in [0.15, 0.2) is 133 Å². The number of fused-ring (bicyclic) bond motifs is 16. The number of benzene rings is 8. The van der Waals surface area contributed by atoms with Gasteiger partial charge in [-0.05, 0) is 79.8 Å². The average Bonchev–Trinajstić information content (AvgIpc) is 3.14. The molecule has 12 rings (SSSR count). The maximum absolute atomic E-state index is 6.94. The van der Waals surface area contributed by atoms with Gasteiger partial charge in [0.05, 0.1) is 0 Å². The zero-order valence-corrected chi connectivity index (χ0v) is 25.5. The summed E-state index contributed by atoms with van der Waals surface area (Å²) in [5.41, 5.74) is 6.79. The highest BCUT2D eigenvalue weighted by molar-refractivity contribution is 6.99. The van der Waals surface area contributed by atoms with Gasteiger partial charge >= 0.3 is 0 Å². The van der Waals surface area contributed by atoms with E-state index in [0.29, 0.717) is 0 Å². The molecule has 0 N–H and O–H groups in total. The van der Waals surface area contributed by atoms with E-state index in [1.54, 1.807) is 0 Å². The summed E-state index contributed by atoms with van der Waals surface area (Å²) in [6.45, 7) is 0.0184. The lowest BCUT2D eigenvalue weighted by Gasteiger charge is -2.34. The molecule has 0 saturated heterocycles. The van der Waals surface area contributed by atoms with Gasteiger partial charge in [-0.25, -0.2) is 0 Å². The predicted octanol–water partition coefficient (Wildman–Crippen LogP) is 6.60. The smallest absolute Gasteiger partial charge is 0.260 e. The quantitative estimate of drug-likeness (QED) is 0.143. The standard InChI is InChI=1S/C42H22B2O4/c1-2-10-24-23(9-1)37-25(19-21-29-41(37)47-35-17-7-15-33-39(35)43(29)27-11-3-5-13-31(27)45-33)26-20-22-30-42(38(24)26)48-36-18-8-16-34-40(36)44(30)28-12-4-6-14-32(28)46-34/h1-22H. The van der Waals surface area contributed by atoms with Gasteiger partial charge in [0.15, 0.2) is 0 Å². The highest BCUT2D eigenvalue weighted by Crippen LogP contribution is 2.47. The first-order valence-electron chi connectivity index (χ1n) is 16.4. The lowest BCUT2D eigenvalue weighted by atomic mass is 9.34. The number of ether oxygens (including phenoxy) is 4. The Bertz CT molecular complexity index is 2560. The molecule has 0 aliphatic carbocycles. The van der Waals surface area contributed by atoms with Gasteiger partial charge in [0.1, 0.15) is 46.0 Å². The minimum Gasteiger partial charge on any atom is -0.458 e. The van der Waals surface area contributed by atoms with Crippen molar-refractivity contribution >= 4 is 78.5 Å². The number of rotatable bonds is 0. The first-order chi connectivity index (χ1) is 23.8. The Labute approximate surface area is 276 Å². The van der Waals surface area contributed by atoms with E-state index >= 15 is 0 Å². The predicted molar refractivity (Wildman–Crippen MR) is 194 cm³/mol. The molecule has 4 heterocycles. The molecule has 8 aromatic rings. The highest BCUT2D eigenvalue weighted by Gasteiger charge is 2.42. The molecule has 0 unspecified atom stereocenters. The molecule has 0 saturated carbocycles. The van der Waals surface area contributed by atoms with Crippen molar-refractivity contribution in [3.05, 3.63) is 133 Å². The average molecular weight is 612 g/mol. The van der Waals surface area contributed by atoms with Crippen LogP contribution in [-0.4, -0.2) is 13.4 Å². The van der Waals surface area contributed by atoms with E-state index in [1.807, 2.05) is 36.4 Å². The topological polar surface area (TPSA) is 36.9 Å². The normalized spacial score (nSPS) is 14.0. The molecule has 0 bridgehead atoms. The summed E-state index contributed by atoms with van der Waals surface area (Å²) < 4.78 is 26.6. The van der Waals surface area contributed by atoms with E-state index in [9.17, 15) is 0 Å². The molecule has 0 spiro atoms. The fourth-order valence-electron chi connectivity index (χ4n) is 8.79. The van der Waals surface area contributed by atoms with Crippen LogP contribution in [0.2, 0.25) is 0 Å². The van der Waals surface area contributed by atoms with Crippen LogP contribution < -0.4 is 51.7 Å². The molecule has 0 aromatic heterocycles. The summed E-state index contributed by atoms with van der Waals surface area (Å²) in [6, 6.07) is 46.8. The second kappa shape index (κ2) is 8.81. The lowest BCUT2D eigenvalue weighted by Crippen LogP contribution is -2.57. The molecule has 4 nitrogen and oxygen atoms in total. The Kier molecular flexibility index (Phi) is 4.59. The molecule has 0 fully saturated rings. The first kappa shape index (κ1) is 25.0. The Morgan fingerprint density at radius 3 is 1.15 bits per heavy atom. The Hall–Kier alpha value is -6.13. The van der Waals surface area contributed by atoms with Gasteiger partial charge in [-0.3, -0.25) is 0 Å². The fraction of sp³-hybridized carbons (Fsp3) is 0. The summed E-state index contributed by atoms with van der Waals surface area (Å²) in [4.78, 5) is 0. The van der Waals surface area contributed by atoms with Crippen LogP contribution >= 0.6 is 0 Å². The lowest BCUT2D eigenvalue weighted by molar-refractivity contribution is 0.466. The minimum atomic E-state index is 0.00918. The van der Waals surface area contributed by atoms with Gasteiger partial charge in [-0.15, -0.1) is 0 Å². The van der Waals surface area contributed by atoms with Crippen molar-refractivity contribution < 1.29 is 18.9 Å². The zero-order valence-electron chi connectivity index (χ0n) is 25.5. The molecule has 4 aliphatic heterocycles. The Morgan fingerprint density at radius 1 is 0.292 bits per heavy atom. The molecular weight excluding hydrogens is 590 g/mol. The minimum absolute atomic E-state index is 0.00918.